The van der Waals surface area contributed by atoms with Gasteiger partial charge in [0.2, 0.25) is 0 Å². The number of hydrogen-bond acceptors (Lipinski definition) is 0. The van der Waals surface area contributed by atoms with Gasteiger partial charge in [-0.05, 0) is 0 Å². The molecule has 0 atom stereocenters. The molecular formula is C5H6F6IZn-. The van der Waals surface area contributed by atoms with E-state index >= 15 is 0 Å². The van der Waals surface area contributed by atoms with Crippen molar-refractivity contribution in [1.29, 1.82) is 0 Å². The Morgan fingerprint density at radius 3 is 1.15 bits per heavy atom. The van der Waals surface area contributed by atoms with Gasteiger partial charge in [-0.1, -0.05) is 0 Å². The van der Waals surface area contributed by atoms with Crippen LogP contribution in [0, 0.1) is 12.8 Å². The van der Waals surface area contributed by atoms with Crippen molar-refractivity contribution in [2.24, 2.45) is 5.92 Å². The minimum atomic E-state index is -5.24. The molecule has 0 aliphatic rings. The van der Waals surface area contributed by atoms with Crippen LogP contribution in [0.15, 0.2) is 0 Å². The number of alkyl halides is 6. The van der Waals surface area contributed by atoms with Gasteiger partial charge in [-0.25, -0.2) is 0 Å². The minimum absolute atomic E-state index is 0. The predicted molar refractivity (Wildman–Crippen MR) is 41.0 cm³/mol. The van der Waals surface area contributed by atoms with Crippen molar-refractivity contribution < 1.29 is 45.8 Å². The summed E-state index contributed by atoms with van der Waals surface area (Å²) in [5.41, 5.74) is 0. The third-order valence-electron chi connectivity index (χ3n) is 1.08. The van der Waals surface area contributed by atoms with Crippen LogP contribution in [0.25, 0.3) is 0 Å². The summed E-state index contributed by atoms with van der Waals surface area (Å²) in [5, 5.41) is 0. The van der Waals surface area contributed by atoms with Gasteiger partial charge in [0, 0.05) is 19.5 Å². The molecule has 0 unspecified atom stereocenters. The summed E-state index contributed by atoms with van der Waals surface area (Å²) < 4.78 is 68.7. The molecule has 0 heterocycles. The van der Waals surface area contributed by atoms with Crippen LogP contribution in [0.5, 0.6) is 0 Å². The van der Waals surface area contributed by atoms with Crippen LogP contribution in [0.3, 0.4) is 0 Å². The molecule has 0 aromatic carbocycles. The Balaban J connectivity index is -0.000000500. The van der Waals surface area contributed by atoms with Crippen LogP contribution in [-0.2, 0) is 19.5 Å². The fraction of sp³-hybridized carbons (Fsp3) is 0.800. The Labute approximate surface area is 101 Å². The Morgan fingerprint density at radius 1 is 0.923 bits per heavy atom. The number of rotatable bonds is 1. The fourth-order valence-electron chi connectivity index (χ4n) is 0.513. The number of halogens is 7. The SMILES string of the molecule is I.[CH2-]CC(C(F)(F)F)C(F)(F)F.[Zn]. The second-order valence-electron chi connectivity index (χ2n) is 1.92. The monoisotopic (exact) mass is 371 g/mol. The predicted octanol–water partition coefficient (Wildman–Crippen LogP) is 3.57. The van der Waals surface area contributed by atoms with Crippen LogP contribution in [-0.4, -0.2) is 12.4 Å². The molecule has 0 nitrogen and oxygen atoms in total. The van der Waals surface area contributed by atoms with Gasteiger partial charge in [0.15, 0.2) is 0 Å². The van der Waals surface area contributed by atoms with Crippen LogP contribution in [0.2, 0.25) is 0 Å². The third-order valence-corrected chi connectivity index (χ3v) is 1.08. The molecule has 0 saturated heterocycles. The average Bonchev–Trinajstić information content (AvgIpc) is 1.56. The topological polar surface area (TPSA) is 0 Å². The zero-order chi connectivity index (χ0) is 9.28. The number of hydrogen-bond donors (Lipinski definition) is 0. The maximum absolute atomic E-state index is 11.5. The molecule has 13 heavy (non-hydrogen) atoms. The van der Waals surface area contributed by atoms with E-state index in [4.69, 9.17) is 0 Å². The minimum Gasteiger partial charge on any atom is -0.342 e. The van der Waals surface area contributed by atoms with E-state index in [-0.39, 0.29) is 43.5 Å². The Morgan fingerprint density at radius 2 is 1.15 bits per heavy atom. The second-order valence-corrected chi connectivity index (χ2v) is 1.92. The maximum Gasteiger partial charge on any atom is 0.397 e. The molecule has 0 aliphatic heterocycles. The second kappa shape index (κ2) is 6.42. The zero-order valence-electron chi connectivity index (χ0n) is 6.37. The first-order chi connectivity index (χ1) is 4.69. The molecule has 0 saturated carbocycles. The Hall–Kier alpha value is 0.933. The molecule has 0 N–H and O–H groups in total. The van der Waals surface area contributed by atoms with E-state index in [1.807, 2.05) is 0 Å². The summed E-state index contributed by atoms with van der Waals surface area (Å²) in [6.07, 6.45) is -11.7. The summed E-state index contributed by atoms with van der Waals surface area (Å²) in [6, 6.07) is 0. The van der Waals surface area contributed by atoms with E-state index in [1.54, 1.807) is 0 Å². The van der Waals surface area contributed by atoms with Gasteiger partial charge in [-0.3, -0.25) is 0 Å². The van der Waals surface area contributed by atoms with Crippen LogP contribution < -0.4 is 0 Å². The van der Waals surface area contributed by atoms with Crippen LogP contribution in [0.1, 0.15) is 6.42 Å². The standard InChI is InChI=1S/C5H5F6.HI.Zn/c1-2-3(4(6,7)8)5(9,10)11;;/h3H,1-2H2;1H;/q-1;;. The largest absolute Gasteiger partial charge is 0.397 e. The van der Waals surface area contributed by atoms with E-state index in [1.165, 1.54) is 0 Å². The van der Waals surface area contributed by atoms with Crippen molar-refractivity contribution in [2.45, 2.75) is 18.8 Å². The third kappa shape index (κ3) is 6.93. The molecule has 0 aliphatic carbocycles. The molecule has 8 heteroatoms. The molecule has 0 rings (SSSR count). The molecule has 78 valence electrons. The average molecular weight is 372 g/mol. The van der Waals surface area contributed by atoms with Gasteiger partial charge in [0.05, 0.1) is 0 Å². The molecular weight excluding hydrogens is 366 g/mol. The van der Waals surface area contributed by atoms with Gasteiger partial charge < -0.3 is 6.92 Å². The maximum atomic E-state index is 11.5. The first-order valence-corrected chi connectivity index (χ1v) is 2.62. The van der Waals surface area contributed by atoms with Crippen LogP contribution >= 0.6 is 24.0 Å². The van der Waals surface area contributed by atoms with Gasteiger partial charge in [-0.15, -0.1) is 24.0 Å². The van der Waals surface area contributed by atoms with Crippen molar-refractivity contribution in [3.8, 4) is 0 Å². The molecule has 0 aromatic rings. The molecule has 0 amide bonds. The van der Waals surface area contributed by atoms with E-state index in [0.29, 0.717) is 0 Å². The van der Waals surface area contributed by atoms with E-state index in [2.05, 4.69) is 6.92 Å². The first kappa shape index (κ1) is 19.5. The van der Waals surface area contributed by atoms with Crippen molar-refractivity contribution >= 4 is 24.0 Å². The summed E-state index contributed by atoms with van der Waals surface area (Å²) >= 11 is 0. The van der Waals surface area contributed by atoms with E-state index in [0.717, 1.165) is 0 Å². The quantitative estimate of drug-likeness (QED) is 0.286. The Bertz CT molecular complexity index is 116. The summed E-state index contributed by atoms with van der Waals surface area (Å²) in [6.45, 7) is 2.58. The van der Waals surface area contributed by atoms with Gasteiger partial charge in [0.1, 0.15) is 5.92 Å². The summed E-state index contributed by atoms with van der Waals surface area (Å²) in [7, 11) is 0. The summed E-state index contributed by atoms with van der Waals surface area (Å²) in [5.74, 6) is -3.30. The molecule has 0 spiro atoms. The zero-order valence-corrected chi connectivity index (χ0v) is 11.7. The van der Waals surface area contributed by atoms with Crippen molar-refractivity contribution in [3.05, 3.63) is 6.92 Å². The normalized spacial score (nSPS) is 12.0. The molecule has 0 bridgehead atoms. The van der Waals surface area contributed by atoms with Crippen LogP contribution in [0.4, 0.5) is 26.3 Å². The molecule has 0 aromatic heterocycles. The first-order valence-electron chi connectivity index (χ1n) is 2.62. The van der Waals surface area contributed by atoms with E-state index < -0.39 is 24.7 Å². The molecule has 0 fully saturated rings. The van der Waals surface area contributed by atoms with Crippen molar-refractivity contribution in [3.63, 3.8) is 0 Å². The van der Waals surface area contributed by atoms with E-state index in [9.17, 15) is 26.3 Å². The van der Waals surface area contributed by atoms with Gasteiger partial charge >= 0.3 is 12.4 Å². The van der Waals surface area contributed by atoms with Gasteiger partial charge in [-0.2, -0.15) is 32.8 Å². The molecule has 0 radical (unpaired) electrons. The van der Waals surface area contributed by atoms with Crippen molar-refractivity contribution in [1.82, 2.24) is 0 Å². The smallest absolute Gasteiger partial charge is 0.342 e. The summed E-state index contributed by atoms with van der Waals surface area (Å²) in [4.78, 5) is 0. The van der Waals surface area contributed by atoms with Gasteiger partial charge in [0.25, 0.3) is 0 Å². The Kier molecular flexibility index (Phi) is 9.63. The van der Waals surface area contributed by atoms with Crippen molar-refractivity contribution in [2.75, 3.05) is 0 Å². The fourth-order valence-corrected chi connectivity index (χ4v) is 0.513.